The van der Waals surface area contributed by atoms with Crippen LogP contribution in [0.25, 0.3) is 5.70 Å². The summed E-state index contributed by atoms with van der Waals surface area (Å²) in [6.45, 7) is 5.46. The van der Waals surface area contributed by atoms with Gasteiger partial charge in [0.25, 0.3) is 5.91 Å². The van der Waals surface area contributed by atoms with E-state index in [-0.39, 0.29) is 11.7 Å². The number of carbonyl (C=O) groups is 1. The molecule has 1 aromatic heterocycles. The number of halogens is 1. The van der Waals surface area contributed by atoms with Gasteiger partial charge in [-0.2, -0.15) is 0 Å². The summed E-state index contributed by atoms with van der Waals surface area (Å²) in [7, 11) is 0. The molecule has 1 aromatic carbocycles. The fourth-order valence-electron chi connectivity index (χ4n) is 4.63. The number of hydrogen-bond donors (Lipinski definition) is 2. The number of para-hydroxylation sites is 1. The van der Waals surface area contributed by atoms with Gasteiger partial charge >= 0.3 is 0 Å². The molecule has 0 aliphatic carbocycles. The van der Waals surface area contributed by atoms with Crippen LogP contribution >= 0.6 is 0 Å². The number of aliphatic imine (C=N–C) groups is 1. The van der Waals surface area contributed by atoms with Crippen LogP contribution in [0.15, 0.2) is 47.6 Å². The summed E-state index contributed by atoms with van der Waals surface area (Å²) >= 11 is 0. The zero-order valence-corrected chi connectivity index (χ0v) is 16.9. The number of benzene rings is 1. The van der Waals surface area contributed by atoms with Crippen molar-refractivity contribution in [3.05, 3.63) is 59.7 Å². The first-order valence-corrected chi connectivity index (χ1v) is 10.3. The second-order valence-electron chi connectivity index (χ2n) is 8.21. The van der Waals surface area contributed by atoms with Crippen molar-refractivity contribution in [2.75, 3.05) is 36.4 Å². The number of rotatable bonds is 4. The number of aryl methyl sites for hydroxylation is 1. The molecule has 3 aliphatic rings. The Kier molecular flexibility index (Phi) is 4.83. The van der Waals surface area contributed by atoms with Gasteiger partial charge in [-0.15, -0.1) is 0 Å². The van der Waals surface area contributed by atoms with Crippen molar-refractivity contribution in [2.24, 2.45) is 16.8 Å². The minimum atomic E-state index is -0.305. The highest BCUT2D eigenvalue weighted by atomic mass is 19.1. The lowest BCUT2D eigenvalue weighted by atomic mass is 10.0. The molecule has 6 nitrogen and oxygen atoms in total. The van der Waals surface area contributed by atoms with Crippen molar-refractivity contribution < 1.29 is 9.18 Å². The minimum absolute atomic E-state index is 0.292. The van der Waals surface area contributed by atoms with E-state index in [0.717, 1.165) is 43.1 Å². The van der Waals surface area contributed by atoms with E-state index in [1.165, 1.54) is 6.07 Å². The van der Waals surface area contributed by atoms with Crippen LogP contribution in [0.2, 0.25) is 0 Å². The van der Waals surface area contributed by atoms with Crippen LogP contribution in [0.5, 0.6) is 0 Å². The Balaban J connectivity index is 1.35. The molecular formula is C23H24FN5O. The molecule has 3 aliphatic heterocycles. The smallest absolute Gasteiger partial charge is 0.270 e. The van der Waals surface area contributed by atoms with Crippen LogP contribution in [-0.4, -0.2) is 42.8 Å². The van der Waals surface area contributed by atoms with Crippen LogP contribution < -0.4 is 15.5 Å². The van der Waals surface area contributed by atoms with Gasteiger partial charge in [-0.1, -0.05) is 12.1 Å². The normalized spacial score (nSPS) is 22.7. The zero-order valence-electron chi connectivity index (χ0n) is 16.9. The van der Waals surface area contributed by atoms with Gasteiger partial charge in [-0.3, -0.25) is 9.78 Å². The summed E-state index contributed by atoms with van der Waals surface area (Å²) in [4.78, 5) is 23.7. The Labute approximate surface area is 174 Å². The molecule has 2 saturated heterocycles. The van der Waals surface area contributed by atoms with Gasteiger partial charge in [-0.05, 0) is 43.0 Å². The number of anilines is 2. The summed E-state index contributed by atoms with van der Waals surface area (Å²) in [6, 6.07) is 8.67. The molecule has 1 amide bonds. The van der Waals surface area contributed by atoms with Gasteiger partial charge in [0.05, 0.1) is 17.1 Å². The lowest BCUT2D eigenvalue weighted by molar-refractivity contribution is -0.110. The number of amides is 1. The summed E-state index contributed by atoms with van der Waals surface area (Å²) in [5.74, 6) is 0.464. The van der Waals surface area contributed by atoms with E-state index in [1.807, 2.05) is 25.1 Å². The van der Waals surface area contributed by atoms with E-state index in [1.54, 1.807) is 18.3 Å². The van der Waals surface area contributed by atoms with Gasteiger partial charge in [0.1, 0.15) is 11.5 Å². The molecule has 0 spiro atoms. The van der Waals surface area contributed by atoms with Crippen molar-refractivity contribution in [3.8, 4) is 0 Å². The van der Waals surface area contributed by atoms with E-state index in [4.69, 9.17) is 0 Å². The predicted molar refractivity (Wildman–Crippen MR) is 116 cm³/mol. The summed E-state index contributed by atoms with van der Waals surface area (Å²) < 4.78 is 14.8. The highest BCUT2D eigenvalue weighted by Crippen LogP contribution is 2.36. The van der Waals surface area contributed by atoms with E-state index in [0.29, 0.717) is 35.3 Å². The first kappa shape index (κ1) is 18.9. The zero-order chi connectivity index (χ0) is 20.7. The van der Waals surface area contributed by atoms with Crippen molar-refractivity contribution in [1.29, 1.82) is 0 Å². The van der Waals surface area contributed by atoms with Crippen LogP contribution in [0.4, 0.5) is 15.8 Å². The van der Waals surface area contributed by atoms with E-state index >= 15 is 0 Å². The Morgan fingerprint density at radius 3 is 2.80 bits per heavy atom. The second-order valence-corrected chi connectivity index (χ2v) is 8.21. The number of nitrogens with zero attached hydrogens (tertiary/aromatic N) is 3. The number of pyridine rings is 1. The second kappa shape index (κ2) is 7.65. The van der Waals surface area contributed by atoms with Crippen molar-refractivity contribution >= 4 is 28.7 Å². The predicted octanol–water partition coefficient (Wildman–Crippen LogP) is 3.01. The van der Waals surface area contributed by atoms with Crippen molar-refractivity contribution in [2.45, 2.75) is 13.3 Å². The largest absolute Gasteiger partial charge is 0.367 e. The quantitative estimate of drug-likeness (QED) is 0.821. The SMILES string of the molecule is Cc1cc(C2=CCC(C(=O)Nc3cccc(F)c3N3CC4CNCC4C3)=N2)ccn1. The molecule has 0 radical (unpaired) electrons. The third-order valence-electron chi connectivity index (χ3n) is 6.14. The third-order valence-corrected chi connectivity index (χ3v) is 6.14. The first-order chi connectivity index (χ1) is 14.6. The third kappa shape index (κ3) is 3.50. The number of allylic oxidation sites excluding steroid dienone is 1. The first-order valence-electron chi connectivity index (χ1n) is 10.3. The summed E-state index contributed by atoms with van der Waals surface area (Å²) in [5.41, 5.74) is 4.02. The highest BCUT2D eigenvalue weighted by Gasteiger charge is 2.37. The molecular weight excluding hydrogens is 381 g/mol. The van der Waals surface area contributed by atoms with Crippen LogP contribution in [-0.2, 0) is 4.79 Å². The van der Waals surface area contributed by atoms with E-state index in [2.05, 4.69) is 25.5 Å². The van der Waals surface area contributed by atoms with Crippen molar-refractivity contribution in [3.63, 3.8) is 0 Å². The van der Waals surface area contributed by atoms with Gasteiger partial charge < -0.3 is 15.5 Å². The van der Waals surface area contributed by atoms with Crippen molar-refractivity contribution in [1.82, 2.24) is 10.3 Å². The lowest BCUT2D eigenvalue weighted by Gasteiger charge is -2.23. The number of hydrogen-bond acceptors (Lipinski definition) is 5. The number of fused-ring (bicyclic) bond motifs is 1. The Morgan fingerprint density at radius 1 is 1.23 bits per heavy atom. The number of aromatic nitrogens is 1. The molecule has 2 unspecified atom stereocenters. The topological polar surface area (TPSA) is 69.6 Å². The fourth-order valence-corrected chi connectivity index (χ4v) is 4.63. The van der Waals surface area contributed by atoms with Crippen LogP contribution in [0.3, 0.4) is 0 Å². The maximum atomic E-state index is 14.8. The number of nitrogens with one attached hydrogen (secondary N) is 2. The highest BCUT2D eigenvalue weighted by molar-refractivity contribution is 6.45. The van der Waals surface area contributed by atoms with Crippen LogP contribution in [0, 0.1) is 24.6 Å². The maximum absolute atomic E-state index is 14.8. The molecule has 2 atom stereocenters. The molecule has 4 heterocycles. The lowest BCUT2D eigenvalue weighted by Crippen LogP contribution is -2.28. The molecule has 30 heavy (non-hydrogen) atoms. The van der Waals surface area contributed by atoms with E-state index < -0.39 is 0 Å². The van der Waals surface area contributed by atoms with E-state index in [9.17, 15) is 9.18 Å². The minimum Gasteiger partial charge on any atom is -0.367 e. The molecule has 2 N–H and O–H groups in total. The molecule has 0 saturated carbocycles. The number of carbonyl (C=O) groups excluding carboxylic acids is 1. The molecule has 154 valence electrons. The summed E-state index contributed by atoms with van der Waals surface area (Å²) in [5, 5.41) is 6.31. The maximum Gasteiger partial charge on any atom is 0.270 e. The Hall–Kier alpha value is -3.06. The molecule has 7 heteroatoms. The Morgan fingerprint density at radius 2 is 2.03 bits per heavy atom. The van der Waals surface area contributed by atoms with Crippen LogP contribution in [0.1, 0.15) is 17.7 Å². The molecule has 2 aromatic rings. The van der Waals surface area contributed by atoms with Gasteiger partial charge in [-0.25, -0.2) is 9.38 Å². The summed E-state index contributed by atoms with van der Waals surface area (Å²) in [6.07, 6.45) is 4.12. The standard InChI is InChI=1S/C23H24FN5O/c1-14-9-15(7-8-26-14)19-5-6-21(27-19)23(30)28-20-4-2-3-18(24)22(20)29-12-16-10-25-11-17(16)13-29/h2-5,7-9,16-17,25H,6,10-13H2,1H3,(H,28,30). The van der Waals surface area contributed by atoms with Gasteiger partial charge in [0, 0.05) is 50.1 Å². The monoisotopic (exact) mass is 405 g/mol. The fraction of sp³-hybridized carbons (Fsp3) is 0.348. The van der Waals surface area contributed by atoms with Gasteiger partial charge in [0.2, 0.25) is 0 Å². The molecule has 0 bridgehead atoms. The Bertz CT molecular complexity index is 1050. The molecule has 5 rings (SSSR count). The van der Waals surface area contributed by atoms with Gasteiger partial charge in [0.15, 0.2) is 0 Å². The average Bonchev–Trinajstić information content (AvgIpc) is 3.44. The molecule has 2 fully saturated rings. The average molecular weight is 405 g/mol.